The first-order chi connectivity index (χ1) is 10.4. The molecule has 0 aliphatic heterocycles. The zero-order chi connectivity index (χ0) is 14.5. The van der Waals surface area contributed by atoms with Crippen LogP contribution in [0, 0.1) is 0 Å². The van der Waals surface area contributed by atoms with Gasteiger partial charge in [-0.25, -0.2) is 0 Å². The number of hydrogen-bond acceptors (Lipinski definition) is 1. The molecule has 0 radical (unpaired) electrons. The summed E-state index contributed by atoms with van der Waals surface area (Å²) in [6.07, 6.45) is 0. The van der Waals surface area contributed by atoms with Crippen LogP contribution in [0.25, 0.3) is 21.6 Å². The maximum absolute atomic E-state index is 2.31. The lowest BCUT2D eigenvalue weighted by atomic mass is 10.1. The quantitative estimate of drug-likeness (QED) is 0.486. The molecule has 0 N–H and O–H groups in total. The van der Waals surface area contributed by atoms with Crippen molar-refractivity contribution in [1.29, 1.82) is 0 Å². The van der Waals surface area contributed by atoms with E-state index in [2.05, 4.69) is 79.7 Å². The summed E-state index contributed by atoms with van der Waals surface area (Å²) < 4.78 is 1.37. The molecule has 3 heteroatoms. The van der Waals surface area contributed by atoms with Crippen LogP contribution in [0.3, 0.4) is 0 Å². The van der Waals surface area contributed by atoms with E-state index in [9.17, 15) is 0 Å². The predicted molar refractivity (Wildman–Crippen MR) is 96.0 cm³/mol. The van der Waals surface area contributed by atoms with Crippen LogP contribution in [-0.2, 0) is 0 Å². The van der Waals surface area contributed by atoms with Crippen LogP contribution in [0.5, 0.6) is 0 Å². The van der Waals surface area contributed by atoms with E-state index >= 15 is 0 Å². The van der Waals surface area contributed by atoms with Crippen LogP contribution in [0.4, 0.5) is 0 Å². The van der Waals surface area contributed by atoms with E-state index in [-0.39, 0.29) is 17.0 Å². The highest BCUT2D eigenvalue weighted by Gasteiger charge is 2.17. The highest BCUT2D eigenvalue weighted by Crippen LogP contribution is 2.36. The van der Waals surface area contributed by atoms with Crippen molar-refractivity contribution in [1.82, 2.24) is 0 Å². The largest absolute Gasteiger partial charge is 1.00 e. The van der Waals surface area contributed by atoms with Crippen molar-refractivity contribution in [3.05, 3.63) is 72.8 Å². The standard InChI is InChI=1S/C19H17S2.BrH/c1-2-20-19-14-17(15-9-5-3-6-10-15)13-18(21-19)16-11-7-4-8-12-16;/h3-14H,2H2,1H3;1H/q+1;/p-1. The molecule has 2 aromatic carbocycles. The van der Waals surface area contributed by atoms with Crippen molar-refractivity contribution < 1.29 is 17.0 Å². The fourth-order valence-corrected chi connectivity index (χ4v) is 4.43. The Morgan fingerprint density at radius 3 is 1.95 bits per heavy atom. The van der Waals surface area contributed by atoms with Gasteiger partial charge in [-0.3, -0.25) is 0 Å². The van der Waals surface area contributed by atoms with Crippen molar-refractivity contribution in [3.63, 3.8) is 0 Å². The average molecular weight is 389 g/mol. The fourth-order valence-electron chi connectivity index (χ4n) is 2.23. The van der Waals surface area contributed by atoms with Crippen molar-refractivity contribution in [2.75, 3.05) is 5.75 Å². The van der Waals surface area contributed by atoms with Gasteiger partial charge in [-0.15, -0.1) is 0 Å². The van der Waals surface area contributed by atoms with Gasteiger partial charge in [0.25, 0.3) is 4.21 Å². The van der Waals surface area contributed by atoms with Crippen molar-refractivity contribution >= 4 is 23.1 Å². The lowest BCUT2D eigenvalue weighted by molar-refractivity contribution is -0.00000399. The van der Waals surface area contributed by atoms with Crippen LogP contribution in [-0.4, -0.2) is 5.75 Å². The summed E-state index contributed by atoms with van der Waals surface area (Å²) in [5, 5.41) is 0. The molecule has 0 aliphatic rings. The molecule has 0 spiro atoms. The minimum atomic E-state index is 0. The lowest BCUT2D eigenvalue weighted by Gasteiger charge is -2.01. The maximum atomic E-state index is 2.31. The molecule has 22 heavy (non-hydrogen) atoms. The van der Waals surface area contributed by atoms with Gasteiger partial charge in [0, 0.05) is 17.7 Å². The zero-order valence-corrected chi connectivity index (χ0v) is 15.5. The Kier molecular flexibility index (Phi) is 6.62. The maximum Gasteiger partial charge on any atom is 0.265 e. The predicted octanol–water partition coefficient (Wildman–Crippen LogP) is 3.48. The summed E-state index contributed by atoms with van der Waals surface area (Å²) in [7, 11) is 0. The molecule has 3 rings (SSSR count). The van der Waals surface area contributed by atoms with E-state index in [1.54, 1.807) is 0 Å². The Labute approximate surface area is 151 Å². The van der Waals surface area contributed by atoms with E-state index < -0.39 is 0 Å². The smallest absolute Gasteiger partial charge is 0.265 e. The highest BCUT2D eigenvalue weighted by atomic mass is 79.9. The first-order valence-electron chi connectivity index (χ1n) is 7.08. The Bertz CT molecular complexity index is 654. The lowest BCUT2D eigenvalue weighted by Crippen LogP contribution is -3.00. The van der Waals surface area contributed by atoms with Gasteiger partial charge >= 0.3 is 0 Å². The van der Waals surface area contributed by atoms with E-state index in [0.29, 0.717) is 0 Å². The molecule has 0 atom stereocenters. The molecule has 0 unspecified atom stereocenters. The number of hydrogen-bond donors (Lipinski definition) is 0. The van der Waals surface area contributed by atoms with E-state index in [1.807, 2.05) is 23.1 Å². The SMILES string of the molecule is CCSc1cc(-c2ccccc2)cc(-c2ccccc2)[s+]1.[Br-]. The molecule has 1 aromatic heterocycles. The van der Waals surface area contributed by atoms with Gasteiger partial charge < -0.3 is 17.0 Å². The first kappa shape index (κ1) is 17.2. The molecule has 0 fully saturated rings. The zero-order valence-electron chi connectivity index (χ0n) is 12.3. The Hall–Kier alpha value is -1.16. The second-order valence-electron chi connectivity index (χ2n) is 4.69. The Morgan fingerprint density at radius 1 is 0.773 bits per heavy atom. The van der Waals surface area contributed by atoms with Gasteiger partial charge in [0.1, 0.15) is 0 Å². The fraction of sp³-hybridized carbons (Fsp3) is 0.105. The molecule has 0 aliphatic carbocycles. The summed E-state index contributed by atoms with van der Waals surface area (Å²) in [6, 6.07) is 25.8. The molecule has 0 nitrogen and oxygen atoms in total. The van der Waals surface area contributed by atoms with Crippen molar-refractivity contribution in [2.24, 2.45) is 0 Å². The summed E-state index contributed by atoms with van der Waals surface area (Å²) >= 11 is 3.78. The first-order valence-corrected chi connectivity index (χ1v) is 8.89. The van der Waals surface area contributed by atoms with Gasteiger partial charge in [-0.05, 0) is 29.0 Å². The summed E-state index contributed by atoms with van der Waals surface area (Å²) in [4.78, 5) is 1.33. The highest BCUT2D eigenvalue weighted by molar-refractivity contribution is 8.01. The molecule has 112 valence electrons. The van der Waals surface area contributed by atoms with Crippen molar-refractivity contribution in [3.8, 4) is 21.6 Å². The van der Waals surface area contributed by atoms with E-state index in [0.717, 1.165) is 5.75 Å². The van der Waals surface area contributed by atoms with Crippen LogP contribution in [0.15, 0.2) is 77.0 Å². The van der Waals surface area contributed by atoms with Crippen molar-refractivity contribution in [2.45, 2.75) is 11.1 Å². The van der Waals surface area contributed by atoms with E-state index in [4.69, 9.17) is 0 Å². The van der Waals surface area contributed by atoms with Gasteiger partial charge in [0.05, 0.1) is 0 Å². The topological polar surface area (TPSA) is 0 Å². The second-order valence-corrected chi connectivity index (χ2v) is 7.34. The third-order valence-corrected chi connectivity index (χ3v) is 5.41. The minimum absolute atomic E-state index is 0. The van der Waals surface area contributed by atoms with Crippen LogP contribution < -0.4 is 17.0 Å². The number of halogens is 1. The Morgan fingerprint density at radius 2 is 1.36 bits per heavy atom. The normalized spacial score (nSPS) is 10.0. The van der Waals surface area contributed by atoms with Gasteiger partial charge in [-0.1, -0.05) is 67.2 Å². The number of thioether (sulfide) groups is 1. The number of rotatable bonds is 4. The summed E-state index contributed by atoms with van der Waals surface area (Å²) in [5.74, 6) is 1.10. The number of benzene rings is 2. The van der Waals surface area contributed by atoms with Crippen LogP contribution in [0.1, 0.15) is 6.92 Å². The average Bonchev–Trinajstić information content (AvgIpc) is 2.56. The molecule has 0 amide bonds. The van der Waals surface area contributed by atoms with Gasteiger partial charge in [0.2, 0.25) is 16.2 Å². The molecule has 3 aromatic rings. The molecule has 0 saturated carbocycles. The third-order valence-electron chi connectivity index (χ3n) is 3.22. The summed E-state index contributed by atoms with van der Waals surface area (Å²) in [5.41, 5.74) is 3.86. The molecule has 0 saturated heterocycles. The minimum Gasteiger partial charge on any atom is -1.00 e. The van der Waals surface area contributed by atoms with Crippen LogP contribution in [0.2, 0.25) is 0 Å². The van der Waals surface area contributed by atoms with E-state index in [1.165, 1.54) is 25.8 Å². The van der Waals surface area contributed by atoms with Gasteiger partial charge in [0.15, 0.2) is 0 Å². The van der Waals surface area contributed by atoms with Gasteiger partial charge in [-0.2, -0.15) is 0 Å². The summed E-state index contributed by atoms with van der Waals surface area (Å²) in [6.45, 7) is 2.20. The van der Waals surface area contributed by atoms with Crippen LogP contribution >= 0.6 is 23.1 Å². The monoisotopic (exact) mass is 388 g/mol. The Balaban J connectivity index is 0.00000176. The second kappa shape index (κ2) is 8.47. The molecule has 0 bridgehead atoms. The molecular formula is C19H17BrS2. The third kappa shape index (κ3) is 4.19. The molecule has 1 heterocycles. The molecular weight excluding hydrogens is 372 g/mol.